The van der Waals surface area contributed by atoms with Crippen LogP contribution in [0.4, 0.5) is 0 Å². The summed E-state index contributed by atoms with van der Waals surface area (Å²) in [5.41, 5.74) is 12.5. The number of fused-ring (bicyclic) bond motifs is 1. The average Bonchev–Trinajstić information content (AvgIpc) is 2.93. The molecule has 0 aromatic heterocycles. The van der Waals surface area contributed by atoms with E-state index in [-0.39, 0.29) is 25.7 Å². The number of guanidine groups is 1. The fourth-order valence-electron chi connectivity index (χ4n) is 4.41. The first kappa shape index (κ1) is 28.8. The van der Waals surface area contributed by atoms with E-state index in [1.54, 1.807) is 12.1 Å². The van der Waals surface area contributed by atoms with E-state index in [2.05, 4.69) is 16.4 Å². The minimum atomic E-state index is -1.12. The molecular formula is C28H33ClN4O6. The number of hydrogen-bond acceptors (Lipinski definition) is 7. The number of aliphatic hydroxyl groups is 1. The fourth-order valence-corrected chi connectivity index (χ4v) is 4.53. The molecule has 1 amide bonds. The number of hydrogen-bond donors (Lipinski definition) is 4. The smallest absolute Gasteiger partial charge is 0.242 e. The Morgan fingerprint density at radius 1 is 1.05 bits per heavy atom. The molecule has 1 aliphatic rings. The van der Waals surface area contributed by atoms with E-state index in [0.29, 0.717) is 11.6 Å². The number of nitrogens with one attached hydrogen (secondary N) is 1. The Morgan fingerprint density at radius 3 is 2.49 bits per heavy atom. The van der Waals surface area contributed by atoms with E-state index in [9.17, 15) is 9.90 Å². The number of aliphatic imine (C=N–C) groups is 1. The molecule has 5 atom stereocenters. The third kappa shape index (κ3) is 7.89. The van der Waals surface area contributed by atoms with Gasteiger partial charge in [-0.25, -0.2) is 4.99 Å². The zero-order valence-corrected chi connectivity index (χ0v) is 22.3. The molecule has 208 valence electrons. The molecule has 3 aromatic carbocycles. The van der Waals surface area contributed by atoms with E-state index >= 15 is 0 Å². The van der Waals surface area contributed by atoms with Gasteiger partial charge in [-0.1, -0.05) is 60.1 Å². The first-order chi connectivity index (χ1) is 18.8. The average molecular weight is 557 g/mol. The Hall–Kier alpha value is -3.25. The number of aliphatic hydroxyl groups excluding tert-OH is 1. The summed E-state index contributed by atoms with van der Waals surface area (Å²) in [7, 11) is 1.44. The van der Waals surface area contributed by atoms with E-state index in [1.807, 2.05) is 48.5 Å². The Labute approximate surface area is 231 Å². The minimum absolute atomic E-state index is 0.0727. The lowest BCUT2D eigenvalue weighted by molar-refractivity contribution is -0.279. The molecule has 4 rings (SSSR count). The van der Waals surface area contributed by atoms with Gasteiger partial charge in [0.1, 0.15) is 30.9 Å². The summed E-state index contributed by atoms with van der Waals surface area (Å²) in [6.07, 6.45) is -3.72. The van der Waals surface area contributed by atoms with Crippen molar-refractivity contribution < 1.29 is 28.8 Å². The maximum Gasteiger partial charge on any atom is 0.242 e. The molecule has 0 aliphatic carbocycles. The number of carbonyl (C=O) groups excluding carboxylic acids is 1. The maximum absolute atomic E-state index is 12.5. The number of ether oxygens (including phenoxy) is 4. The molecule has 6 N–H and O–H groups in total. The van der Waals surface area contributed by atoms with Crippen LogP contribution in [0.15, 0.2) is 71.7 Å². The van der Waals surface area contributed by atoms with E-state index < -0.39 is 36.6 Å². The zero-order valence-electron chi connectivity index (χ0n) is 21.5. The van der Waals surface area contributed by atoms with Gasteiger partial charge in [0.2, 0.25) is 5.91 Å². The second kappa shape index (κ2) is 13.7. The fraction of sp³-hybridized carbons (Fsp3) is 0.357. The molecule has 1 unspecified atom stereocenters. The normalized spacial score (nSPS) is 22.9. The largest absolute Gasteiger partial charge is 0.388 e. The van der Waals surface area contributed by atoms with Crippen LogP contribution >= 0.6 is 11.6 Å². The minimum Gasteiger partial charge on any atom is -0.388 e. The van der Waals surface area contributed by atoms with Crippen LogP contribution in [-0.4, -0.2) is 67.9 Å². The first-order valence-corrected chi connectivity index (χ1v) is 12.8. The Bertz CT molecular complexity index is 1270. The maximum atomic E-state index is 12.5. The van der Waals surface area contributed by atoms with Crippen molar-refractivity contribution in [2.75, 3.05) is 20.3 Å². The van der Waals surface area contributed by atoms with E-state index in [0.717, 1.165) is 21.9 Å². The first-order valence-electron chi connectivity index (χ1n) is 12.5. The van der Waals surface area contributed by atoms with Crippen LogP contribution in [0.2, 0.25) is 5.02 Å². The highest BCUT2D eigenvalue weighted by Crippen LogP contribution is 2.26. The Morgan fingerprint density at radius 2 is 1.77 bits per heavy atom. The van der Waals surface area contributed by atoms with Crippen LogP contribution < -0.4 is 16.8 Å². The summed E-state index contributed by atoms with van der Waals surface area (Å²) in [5, 5.41) is 16.7. The van der Waals surface area contributed by atoms with E-state index in [4.69, 9.17) is 42.0 Å². The third-order valence-electron chi connectivity index (χ3n) is 6.37. The van der Waals surface area contributed by atoms with Crippen molar-refractivity contribution in [1.82, 2.24) is 5.32 Å². The van der Waals surface area contributed by atoms with Crippen molar-refractivity contribution in [2.24, 2.45) is 16.5 Å². The van der Waals surface area contributed by atoms with Gasteiger partial charge in [0.15, 0.2) is 12.2 Å². The van der Waals surface area contributed by atoms with Crippen LogP contribution in [0, 0.1) is 0 Å². The van der Waals surface area contributed by atoms with Gasteiger partial charge < -0.3 is 40.8 Å². The molecule has 0 spiro atoms. The van der Waals surface area contributed by atoms with E-state index in [1.165, 1.54) is 7.11 Å². The van der Waals surface area contributed by atoms with Crippen LogP contribution in [-0.2, 0) is 37.0 Å². The summed E-state index contributed by atoms with van der Waals surface area (Å²) in [5.74, 6) is -0.704. The van der Waals surface area contributed by atoms with Crippen LogP contribution in [0.25, 0.3) is 10.8 Å². The number of benzene rings is 3. The Balaban J connectivity index is 1.45. The summed E-state index contributed by atoms with van der Waals surface area (Å²) < 4.78 is 23.7. The molecule has 1 heterocycles. The molecule has 0 saturated carbocycles. The quantitative estimate of drug-likeness (QED) is 0.207. The molecule has 0 radical (unpaired) electrons. The molecule has 1 aliphatic heterocycles. The van der Waals surface area contributed by atoms with Crippen molar-refractivity contribution >= 4 is 34.2 Å². The number of amides is 1. The lowest BCUT2D eigenvalue weighted by Crippen LogP contribution is -2.65. The van der Waals surface area contributed by atoms with Crippen LogP contribution in [0.5, 0.6) is 0 Å². The molecule has 39 heavy (non-hydrogen) atoms. The van der Waals surface area contributed by atoms with Gasteiger partial charge in [-0.3, -0.25) is 4.79 Å². The van der Waals surface area contributed by atoms with Gasteiger partial charge in [0.05, 0.1) is 19.8 Å². The summed E-state index contributed by atoms with van der Waals surface area (Å²) in [4.78, 5) is 16.3. The molecule has 1 fully saturated rings. The third-order valence-corrected chi connectivity index (χ3v) is 6.62. The topological polar surface area (TPSA) is 151 Å². The molecule has 1 saturated heterocycles. The number of nitrogens with two attached hydrogens (primary N) is 2. The molecule has 0 bridgehead atoms. The highest BCUT2D eigenvalue weighted by atomic mass is 35.5. The number of methoxy groups -OCH3 is 1. The van der Waals surface area contributed by atoms with Crippen molar-refractivity contribution in [3.05, 3.63) is 82.9 Å². The van der Waals surface area contributed by atoms with Gasteiger partial charge in [0, 0.05) is 12.1 Å². The van der Waals surface area contributed by atoms with Gasteiger partial charge in [-0.2, -0.15) is 0 Å². The van der Waals surface area contributed by atoms with Gasteiger partial charge in [-0.15, -0.1) is 0 Å². The van der Waals surface area contributed by atoms with Gasteiger partial charge in [-0.05, 0) is 40.1 Å². The van der Waals surface area contributed by atoms with Crippen molar-refractivity contribution in [2.45, 2.75) is 43.9 Å². The summed E-state index contributed by atoms with van der Waals surface area (Å²) >= 11 is 5.99. The SMILES string of the molecule is CO[C@H]1[C@H](O)[C@@H](COCc2ccc3ccccc3c2)OC(OCc2ccc(Cl)cc2)[C@@H]1NC(=O)CN=C(N)N. The zero-order chi connectivity index (χ0) is 27.8. The molecule has 10 nitrogen and oxygen atoms in total. The van der Waals surface area contributed by atoms with Gasteiger partial charge >= 0.3 is 0 Å². The lowest BCUT2D eigenvalue weighted by atomic mass is 9.96. The number of carbonyl (C=O) groups is 1. The standard InChI is InChI=1S/C28H33ClN4O6/c1-36-26-24(33-23(34)13-32-28(30)31)27(38-15-17-7-10-21(29)11-8-17)39-22(25(26)35)16-37-14-18-6-9-19-4-2-3-5-20(19)12-18/h2-12,22,24-27,35H,13-16H2,1H3,(H,33,34)(H4,30,31,32)/t22-,24-,25-,26-,27?/m1/s1. The van der Waals surface area contributed by atoms with Gasteiger partial charge in [0.25, 0.3) is 0 Å². The summed E-state index contributed by atoms with van der Waals surface area (Å²) in [6.45, 7) is 0.264. The van der Waals surface area contributed by atoms with Crippen molar-refractivity contribution in [3.8, 4) is 0 Å². The highest BCUT2D eigenvalue weighted by Gasteiger charge is 2.47. The monoisotopic (exact) mass is 556 g/mol. The molecular weight excluding hydrogens is 524 g/mol. The number of nitrogens with zero attached hydrogens (tertiary/aromatic N) is 1. The highest BCUT2D eigenvalue weighted by molar-refractivity contribution is 6.30. The lowest BCUT2D eigenvalue weighted by Gasteiger charge is -2.44. The van der Waals surface area contributed by atoms with Crippen LogP contribution in [0.1, 0.15) is 11.1 Å². The second-order valence-electron chi connectivity index (χ2n) is 9.20. The second-order valence-corrected chi connectivity index (χ2v) is 9.64. The molecule has 3 aromatic rings. The number of halogens is 1. The predicted octanol–water partition coefficient (Wildman–Crippen LogP) is 2.09. The van der Waals surface area contributed by atoms with Crippen molar-refractivity contribution in [1.29, 1.82) is 0 Å². The Kier molecular flexibility index (Phi) is 10.1. The number of rotatable bonds is 11. The molecule has 11 heteroatoms. The predicted molar refractivity (Wildman–Crippen MR) is 148 cm³/mol. The van der Waals surface area contributed by atoms with Crippen LogP contribution in [0.3, 0.4) is 0 Å². The van der Waals surface area contributed by atoms with Crippen molar-refractivity contribution in [3.63, 3.8) is 0 Å². The summed E-state index contributed by atoms with van der Waals surface area (Å²) in [6, 6.07) is 20.5.